The van der Waals surface area contributed by atoms with E-state index < -0.39 is 17.4 Å². The summed E-state index contributed by atoms with van der Waals surface area (Å²) < 4.78 is 0.900. The summed E-state index contributed by atoms with van der Waals surface area (Å²) in [5.41, 5.74) is 5.79. The van der Waals surface area contributed by atoms with Crippen LogP contribution in [0, 0.1) is 5.41 Å². The van der Waals surface area contributed by atoms with Gasteiger partial charge in [0.25, 0.3) is 0 Å². The fourth-order valence-corrected chi connectivity index (χ4v) is 1.67. The van der Waals surface area contributed by atoms with Gasteiger partial charge in [-0.05, 0) is 31.5 Å². The Morgan fingerprint density at radius 3 is 2.60 bits per heavy atom. The SMILES string of the molecule is CC(C)(C(=O)O)C(N)c1cccc(Br)c1. The summed E-state index contributed by atoms with van der Waals surface area (Å²) in [6.45, 7) is 3.25. The largest absolute Gasteiger partial charge is 0.481 e. The molecule has 1 unspecified atom stereocenters. The van der Waals surface area contributed by atoms with Gasteiger partial charge in [0.15, 0.2) is 0 Å². The zero-order chi connectivity index (χ0) is 11.6. The van der Waals surface area contributed by atoms with Gasteiger partial charge in [-0.1, -0.05) is 28.1 Å². The molecule has 0 spiro atoms. The third kappa shape index (κ3) is 2.58. The van der Waals surface area contributed by atoms with E-state index in [9.17, 15) is 4.79 Å². The summed E-state index contributed by atoms with van der Waals surface area (Å²) in [4.78, 5) is 11.0. The molecule has 1 aromatic carbocycles. The van der Waals surface area contributed by atoms with E-state index in [1.807, 2.05) is 24.3 Å². The summed E-state index contributed by atoms with van der Waals surface area (Å²) in [7, 11) is 0. The second kappa shape index (κ2) is 4.33. The molecule has 0 amide bonds. The molecule has 15 heavy (non-hydrogen) atoms. The summed E-state index contributed by atoms with van der Waals surface area (Å²) in [5.74, 6) is -0.894. The van der Waals surface area contributed by atoms with Crippen molar-refractivity contribution >= 4 is 21.9 Å². The van der Waals surface area contributed by atoms with Gasteiger partial charge >= 0.3 is 5.97 Å². The fraction of sp³-hybridized carbons (Fsp3) is 0.364. The van der Waals surface area contributed by atoms with Gasteiger partial charge in [-0.25, -0.2) is 0 Å². The highest BCUT2D eigenvalue weighted by molar-refractivity contribution is 9.10. The van der Waals surface area contributed by atoms with Crippen molar-refractivity contribution in [2.24, 2.45) is 11.1 Å². The zero-order valence-electron chi connectivity index (χ0n) is 8.70. The van der Waals surface area contributed by atoms with Crippen molar-refractivity contribution in [3.8, 4) is 0 Å². The molecule has 0 heterocycles. The smallest absolute Gasteiger partial charge is 0.311 e. The van der Waals surface area contributed by atoms with Crippen LogP contribution in [-0.4, -0.2) is 11.1 Å². The molecule has 4 heteroatoms. The van der Waals surface area contributed by atoms with Crippen LogP contribution in [0.3, 0.4) is 0 Å². The first-order valence-corrected chi connectivity index (χ1v) is 5.39. The number of benzene rings is 1. The van der Waals surface area contributed by atoms with Crippen LogP contribution < -0.4 is 5.73 Å². The van der Waals surface area contributed by atoms with E-state index in [0.29, 0.717) is 0 Å². The highest BCUT2D eigenvalue weighted by Gasteiger charge is 2.35. The second-order valence-electron chi connectivity index (χ2n) is 4.06. The number of aliphatic carboxylic acids is 1. The molecule has 0 aliphatic carbocycles. The Morgan fingerprint density at radius 2 is 2.13 bits per heavy atom. The van der Waals surface area contributed by atoms with Crippen LogP contribution in [0.25, 0.3) is 0 Å². The van der Waals surface area contributed by atoms with E-state index in [1.54, 1.807) is 13.8 Å². The summed E-state index contributed by atoms with van der Waals surface area (Å²) in [5, 5.41) is 9.05. The highest BCUT2D eigenvalue weighted by Crippen LogP contribution is 2.32. The van der Waals surface area contributed by atoms with Gasteiger partial charge in [0.05, 0.1) is 5.41 Å². The molecule has 1 aromatic rings. The van der Waals surface area contributed by atoms with Gasteiger partial charge in [-0.2, -0.15) is 0 Å². The Labute approximate surface area is 97.4 Å². The van der Waals surface area contributed by atoms with Crippen LogP contribution in [0.4, 0.5) is 0 Å². The van der Waals surface area contributed by atoms with Gasteiger partial charge in [-0.15, -0.1) is 0 Å². The molecule has 3 nitrogen and oxygen atoms in total. The first kappa shape index (κ1) is 12.2. The molecule has 0 saturated carbocycles. The highest BCUT2D eigenvalue weighted by atomic mass is 79.9. The molecular weight excluding hydrogens is 258 g/mol. The van der Waals surface area contributed by atoms with Crippen molar-refractivity contribution in [3.63, 3.8) is 0 Å². The van der Waals surface area contributed by atoms with E-state index in [4.69, 9.17) is 10.8 Å². The lowest BCUT2D eigenvalue weighted by Gasteiger charge is -2.27. The molecule has 0 saturated heterocycles. The fourth-order valence-electron chi connectivity index (χ4n) is 1.25. The minimum atomic E-state index is -0.971. The predicted molar refractivity (Wildman–Crippen MR) is 62.5 cm³/mol. The number of carbonyl (C=O) groups is 1. The third-order valence-electron chi connectivity index (χ3n) is 2.54. The van der Waals surface area contributed by atoms with Crippen molar-refractivity contribution in [2.45, 2.75) is 19.9 Å². The second-order valence-corrected chi connectivity index (χ2v) is 4.98. The maximum absolute atomic E-state index is 11.0. The number of nitrogens with two attached hydrogens (primary N) is 1. The summed E-state index contributed by atoms with van der Waals surface area (Å²) in [6, 6.07) is 6.88. The van der Waals surface area contributed by atoms with Gasteiger partial charge in [0.2, 0.25) is 0 Å². The van der Waals surface area contributed by atoms with E-state index in [-0.39, 0.29) is 0 Å². The maximum Gasteiger partial charge on any atom is 0.311 e. The van der Waals surface area contributed by atoms with Gasteiger partial charge in [0, 0.05) is 10.5 Å². The van der Waals surface area contributed by atoms with Crippen LogP contribution in [-0.2, 0) is 4.79 Å². The number of hydrogen-bond acceptors (Lipinski definition) is 2. The predicted octanol–water partition coefficient (Wildman–Crippen LogP) is 2.56. The van der Waals surface area contributed by atoms with Crippen LogP contribution in [0.1, 0.15) is 25.5 Å². The average Bonchev–Trinajstić information content (AvgIpc) is 2.16. The normalized spacial score (nSPS) is 13.6. The van der Waals surface area contributed by atoms with Crippen LogP contribution in [0.5, 0.6) is 0 Å². The van der Waals surface area contributed by atoms with E-state index >= 15 is 0 Å². The minimum Gasteiger partial charge on any atom is -0.481 e. The van der Waals surface area contributed by atoms with Crippen LogP contribution in [0.2, 0.25) is 0 Å². The van der Waals surface area contributed by atoms with Crippen molar-refractivity contribution < 1.29 is 9.90 Å². The van der Waals surface area contributed by atoms with Crippen molar-refractivity contribution in [3.05, 3.63) is 34.3 Å². The average molecular weight is 272 g/mol. The Kier molecular flexibility index (Phi) is 3.52. The molecule has 1 rings (SSSR count). The summed E-state index contributed by atoms with van der Waals surface area (Å²) >= 11 is 3.33. The Hall–Kier alpha value is -0.870. The first-order chi connectivity index (χ1) is 6.85. The first-order valence-electron chi connectivity index (χ1n) is 4.60. The van der Waals surface area contributed by atoms with Crippen LogP contribution in [0.15, 0.2) is 28.7 Å². The van der Waals surface area contributed by atoms with Gasteiger partial charge < -0.3 is 10.8 Å². The van der Waals surface area contributed by atoms with Crippen molar-refractivity contribution in [2.75, 3.05) is 0 Å². The van der Waals surface area contributed by atoms with E-state index in [0.717, 1.165) is 10.0 Å². The number of hydrogen-bond donors (Lipinski definition) is 2. The lowest BCUT2D eigenvalue weighted by Crippen LogP contribution is -2.36. The number of carboxylic acid groups (broad SMARTS) is 1. The Morgan fingerprint density at radius 1 is 1.53 bits per heavy atom. The third-order valence-corrected chi connectivity index (χ3v) is 3.03. The Bertz CT molecular complexity index is 377. The van der Waals surface area contributed by atoms with Gasteiger partial charge in [0.1, 0.15) is 0 Å². The molecule has 0 aliphatic heterocycles. The number of halogens is 1. The van der Waals surface area contributed by atoms with E-state index in [1.165, 1.54) is 0 Å². The molecule has 82 valence electrons. The number of rotatable bonds is 3. The molecule has 0 fully saturated rings. The topological polar surface area (TPSA) is 63.3 Å². The number of carboxylic acids is 1. The quantitative estimate of drug-likeness (QED) is 0.888. The standard InChI is InChI=1S/C11H14BrNO2/c1-11(2,10(14)15)9(13)7-4-3-5-8(12)6-7/h3-6,9H,13H2,1-2H3,(H,14,15). The lowest BCUT2D eigenvalue weighted by molar-refractivity contribution is -0.148. The molecule has 0 radical (unpaired) electrons. The molecule has 0 bridgehead atoms. The van der Waals surface area contributed by atoms with Crippen molar-refractivity contribution in [1.82, 2.24) is 0 Å². The van der Waals surface area contributed by atoms with Crippen LogP contribution >= 0.6 is 15.9 Å². The minimum absolute atomic E-state index is 0.521. The molecule has 0 aliphatic rings. The lowest BCUT2D eigenvalue weighted by atomic mass is 9.81. The molecule has 0 aromatic heterocycles. The summed E-state index contributed by atoms with van der Waals surface area (Å²) in [6.07, 6.45) is 0. The molecule has 1 atom stereocenters. The Balaban J connectivity index is 3.04. The van der Waals surface area contributed by atoms with Crippen molar-refractivity contribution in [1.29, 1.82) is 0 Å². The van der Waals surface area contributed by atoms with Gasteiger partial charge in [-0.3, -0.25) is 4.79 Å². The molecule has 3 N–H and O–H groups in total. The maximum atomic E-state index is 11.0. The van der Waals surface area contributed by atoms with E-state index in [2.05, 4.69) is 15.9 Å². The monoisotopic (exact) mass is 271 g/mol. The molecular formula is C11H14BrNO2. The zero-order valence-corrected chi connectivity index (χ0v) is 10.3.